The van der Waals surface area contributed by atoms with Crippen LogP contribution in [0, 0.1) is 0 Å². The SMILES string of the molecule is CC(F)(F)CN1CCN(C(=O)Cl)CC1. The molecule has 0 N–H and O–H groups in total. The van der Waals surface area contributed by atoms with Gasteiger partial charge in [0.25, 0.3) is 5.92 Å². The first-order valence-corrected chi connectivity index (χ1v) is 4.81. The summed E-state index contributed by atoms with van der Waals surface area (Å²) >= 11 is 5.26. The van der Waals surface area contributed by atoms with E-state index in [1.165, 1.54) is 4.90 Å². The molecule has 0 aromatic heterocycles. The fourth-order valence-electron chi connectivity index (χ4n) is 1.47. The molecule has 6 heteroatoms. The van der Waals surface area contributed by atoms with Gasteiger partial charge in [0.05, 0.1) is 6.54 Å². The molecule has 0 aromatic rings. The molecule has 0 aliphatic carbocycles. The van der Waals surface area contributed by atoms with Crippen LogP contribution in [0.1, 0.15) is 6.92 Å². The number of rotatable bonds is 2. The van der Waals surface area contributed by atoms with Crippen molar-refractivity contribution >= 4 is 17.0 Å². The number of halogens is 3. The molecular weight excluding hydrogens is 214 g/mol. The molecule has 0 unspecified atom stereocenters. The van der Waals surface area contributed by atoms with Gasteiger partial charge >= 0.3 is 5.37 Å². The summed E-state index contributed by atoms with van der Waals surface area (Å²) in [5, 5.41) is -0.507. The molecule has 1 fully saturated rings. The third-order valence-electron chi connectivity index (χ3n) is 2.12. The Hall–Kier alpha value is -0.420. The molecule has 1 heterocycles. The lowest BCUT2D eigenvalue weighted by Gasteiger charge is -2.34. The van der Waals surface area contributed by atoms with E-state index in [4.69, 9.17) is 11.6 Å². The van der Waals surface area contributed by atoms with E-state index in [-0.39, 0.29) is 6.54 Å². The number of nitrogens with zero attached hydrogens (tertiary/aromatic N) is 2. The minimum atomic E-state index is -2.67. The van der Waals surface area contributed by atoms with E-state index in [1.807, 2.05) is 0 Å². The third-order valence-corrected chi connectivity index (χ3v) is 2.36. The maximum atomic E-state index is 12.6. The highest BCUT2D eigenvalue weighted by molar-refractivity contribution is 6.62. The van der Waals surface area contributed by atoms with Crippen molar-refractivity contribution < 1.29 is 13.6 Å². The van der Waals surface area contributed by atoms with Crippen LogP contribution in [0.25, 0.3) is 0 Å². The van der Waals surface area contributed by atoms with Gasteiger partial charge in [0, 0.05) is 33.1 Å². The van der Waals surface area contributed by atoms with E-state index in [1.54, 1.807) is 4.90 Å². The molecular formula is C8H13ClF2N2O. The van der Waals surface area contributed by atoms with Gasteiger partial charge in [0.1, 0.15) is 0 Å². The zero-order chi connectivity index (χ0) is 10.8. The van der Waals surface area contributed by atoms with Crippen LogP contribution < -0.4 is 0 Å². The topological polar surface area (TPSA) is 23.6 Å². The molecule has 1 saturated heterocycles. The van der Waals surface area contributed by atoms with Gasteiger partial charge in [-0.05, 0) is 11.6 Å². The molecule has 0 aromatic carbocycles. The fourth-order valence-corrected chi connectivity index (χ4v) is 1.64. The van der Waals surface area contributed by atoms with Crippen molar-refractivity contribution in [3.8, 4) is 0 Å². The molecule has 0 atom stereocenters. The van der Waals surface area contributed by atoms with Crippen molar-refractivity contribution in [2.75, 3.05) is 32.7 Å². The number of alkyl halides is 2. The first-order valence-electron chi connectivity index (χ1n) is 4.43. The summed E-state index contributed by atoms with van der Waals surface area (Å²) in [7, 11) is 0. The van der Waals surface area contributed by atoms with Crippen molar-refractivity contribution in [1.82, 2.24) is 9.80 Å². The Balaban J connectivity index is 2.33. The van der Waals surface area contributed by atoms with E-state index in [2.05, 4.69) is 0 Å². The van der Waals surface area contributed by atoms with E-state index in [0.29, 0.717) is 26.2 Å². The first-order chi connectivity index (χ1) is 6.38. The van der Waals surface area contributed by atoms with Gasteiger partial charge in [-0.2, -0.15) is 0 Å². The van der Waals surface area contributed by atoms with Crippen LogP contribution in [-0.2, 0) is 0 Å². The molecule has 1 amide bonds. The largest absolute Gasteiger partial charge is 0.327 e. The Bertz CT molecular complexity index is 212. The predicted molar refractivity (Wildman–Crippen MR) is 49.9 cm³/mol. The number of hydrogen-bond donors (Lipinski definition) is 0. The number of carbonyl (C=O) groups excluding carboxylic acids is 1. The molecule has 0 spiro atoms. The minimum Gasteiger partial charge on any atom is -0.327 e. The van der Waals surface area contributed by atoms with Crippen molar-refractivity contribution in [2.24, 2.45) is 0 Å². The lowest BCUT2D eigenvalue weighted by molar-refractivity contribution is -0.0223. The second-order valence-corrected chi connectivity index (χ2v) is 3.91. The second kappa shape index (κ2) is 4.40. The molecule has 3 nitrogen and oxygen atoms in total. The lowest BCUT2D eigenvalue weighted by Crippen LogP contribution is -2.49. The maximum absolute atomic E-state index is 12.6. The van der Waals surface area contributed by atoms with E-state index < -0.39 is 11.3 Å². The highest BCUT2D eigenvalue weighted by Crippen LogP contribution is 2.15. The van der Waals surface area contributed by atoms with Crippen molar-refractivity contribution in [2.45, 2.75) is 12.8 Å². The number of piperazine rings is 1. The van der Waals surface area contributed by atoms with Crippen LogP contribution in [0.3, 0.4) is 0 Å². The minimum absolute atomic E-state index is 0.253. The molecule has 1 aliphatic rings. The summed E-state index contributed by atoms with van der Waals surface area (Å²) in [4.78, 5) is 13.8. The summed E-state index contributed by atoms with van der Waals surface area (Å²) in [5.74, 6) is -2.67. The average Bonchev–Trinajstić information content (AvgIpc) is 2.02. The summed E-state index contributed by atoms with van der Waals surface area (Å²) in [6, 6.07) is 0. The predicted octanol–water partition coefficient (Wildman–Crippen LogP) is 1.62. The van der Waals surface area contributed by atoms with Crippen LogP contribution in [0.2, 0.25) is 0 Å². The second-order valence-electron chi connectivity index (χ2n) is 3.59. The van der Waals surface area contributed by atoms with E-state index in [9.17, 15) is 13.6 Å². The van der Waals surface area contributed by atoms with Gasteiger partial charge in [-0.3, -0.25) is 9.69 Å². The Kier molecular flexibility index (Phi) is 3.66. The van der Waals surface area contributed by atoms with Gasteiger partial charge in [0.15, 0.2) is 0 Å². The van der Waals surface area contributed by atoms with E-state index >= 15 is 0 Å². The molecule has 0 saturated carbocycles. The normalized spacial score (nSPS) is 19.9. The number of hydrogen-bond acceptors (Lipinski definition) is 2. The van der Waals surface area contributed by atoms with Gasteiger partial charge in [0.2, 0.25) is 0 Å². The molecule has 0 bridgehead atoms. The summed E-state index contributed by atoms with van der Waals surface area (Å²) in [6.45, 7) is 2.42. The average molecular weight is 227 g/mol. The monoisotopic (exact) mass is 226 g/mol. The molecule has 82 valence electrons. The quantitative estimate of drug-likeness (QED) is 0.528. The number of amides is 1. The number of carbonyl (C=O) groups is 1. The van der Waals surface area contributed by atoms with Gasteiger partial charge in [-0.25, -0.2) is 8.78 Å². The third kappa shape index (κ3) is 3.75. The summed E-state index contributed by atoms with van der Waals surface area (Å²) < 4.78 is 25.2. The smallest absolute Gasteiger partial charge is 0.316 e. The molecule has 1 rings (SSSR count). The van der Waals surface area contributed by atoms with E-state index in [0.717, 1.165) is 6.92 Å². The van der Waals surface area contributed by atoms with Crippen LogP contribution >= 0.6 is 11.6 Å². The Morgan fingerprint density at radius 2 is 1.86 bits per heavy atom. The molecule has 0 radical (unpaired) electrons. The summed E-state index contributed by atoms with van der Waals surface area (Å²) in [5.41, 5.74) is 0. The molecule has 1 aliphatic heterocycles. The summed E-state index contributed by atoms with van der Waals surface area (Å²) in [6.07, 6.45) is 0. The maximum Gasteiger partial charge on any atom is 0.316 e. The Labute approximate surface area is 86.6 Å². The van der Waals surface area contributed by atoms with Crippen LogP contribution in [0.15, 0.2) is 0 Å². The highest BCUT2D eigenvalue weighted by atomic mass is 35.5. The zero-order valence-corrected chi connectivity index (χ0v) is 8.73. The standard InChI is InChI=1S/C8H13ClF2N2O/c1-8(10,11)6-12-2-4-13(5-3-12)7(9)14/h2-6H2,1H3. The zero-order valence-electron chi connectivity index (χ0n) is 7.97. The van der Waals surface area contributed by atoms with Crippen molar-refractivity contribution in [3.05, 3.63) is 0 Å². The van der Waals surface area contributed by atoms with Crippen LogP contribution in [-0.4, -0.2) is 53.8 Å². The highest BCUT2D eigenvalue weighted by Gasteiger charge is 2.28. The molecule has 14 heavy (non-hydrogen) atoms. The van der Waals surface area contributed by atoms with Gasteiger partial charge < -0.3 is 4.90 Å². The van der Waals surface area contributed by atoms with Crippen molar-refractivity contribution in [1.29, 1.82) is 0 Å². The van der Waals surface area contributed by atoms with Gasteiger partial charge in [-0.15, -0.1) is 0 Å². The fraction of sp³-hybridized carbons (Fsp3) is 0.875. The Morgan fingerprint density at radius 3 is 2.21 bits per heavy atom. The Morgan fingerprint density at radius 1 is 1.36 bits per heavy atom. The van der Waals surface area contributed by atoms with Crippen molar-refractivity contribution in [3.63, 3.8) is 0 Å². The van der Waals surface area contributed by atoms with Gasteiger partial charge in [-0.1, -0.05) is 0 Å². The van der Waals surface area contributed by atoms with Crippen LogP contribution in [0.4, 0.5) is 13.6 Å². The first kappa shape index (κ1) is 11.7. The van der Waals surface area contributed by atoms with Crippen LogP contribution in [0.5, 0.6) is 0 Å². The lowest BCUT2D eigenvalue weighted by atomic mass is 10.3.